The van der Waals surface area contributed by atoms with Crippen molar-refractivity contribution in [1.29, 1.82) is 0 Å². The molecule has 0 aliphatic heterocycles. The lowest BCUT2D eigenvalue weighted by Gasteiger charge is -2.08. The highest BCUT2D eigenvalue weighted by atomic mass is 35.5. The molecule has 12 heteroatoms. The van der Waals surface area contributed by atoms with Crippen molar-refractivity contribution in [2.75, 3.05) is 5.32 Å². The third kappa shape index (κ3) is 4.31. The van der Waals surface area contributed by atoms with E-state index in [9.17, 15) is 22.8 Å². The van der Waals surface area contributed by atoms with Crippen molar-refractivity contribution in [3.8, 4) is 11.3 Å². The molecule has 3 aromatic rings. The third-order valence-electron chi connectivity index (χ3n) is 3.31. The summed E-state index contributed by atoms with van der Waals surface area (Å²) in [6.45, 7) is -0.549. The molecule has 2 aromatic heterocycles. The van der Waals surface area contributed by atoms with Gasteiger partial charge in [-0.1, -0.05) is 29.8 Å². The number of halogens is 4. The van der Waals surface area contributed by atoms with Crippen LogP contribution in [0.25, 0.3) is 11.3 Å². The van der Waals surface area contributed by atoms with Crippen LogP contribution >= 0.6 is 11.6 Å². The van der Waals surface area contributed by atoms with Crippen molar-refractivity contribution < 1.29 is 18.0 Å². The van der Waals surface area contributed by atoms with Crippen molar-refractivity contribution in [3.63, 3.8) is 0 Å². The summed E-state index contributed by atoms with van der Waals surface area (Å²) in [4.78, 5) is 27.0. The molecular weight excluding hydrogens is 389 g/mol. The Balaban J connectivity index is 1.78. The number of amides is 1. The van der Waals surface area contributed by atoms with Gasteiger partial charge in [-0.05, 0) is 12.1 Å². The minimum absolute atomic E-state index is 0.352. The highest BCUT2D eigenvalue weighted by Gasteiger charge is 2.35. The average Bonchev–Trinajstić information content (AvgIpc) is 3.06. The molecule has 27 heavy (non-hydrogen) atoms. The molecule has 0 saturated heterocycles. The second kappa shape index (κ2) is 7.19. The Morgan fingerprint density at radius 1 is 1.22 bits per heavy atom. The largest absolute Gasteiger partial charge is 0.451 e. The first kappa shape index (κ1) is 18.6. The minimum atomic E-state index is -4.72. The van der Waals surface area contributed by atoms with Gasteiger partial charge in [-0.2, -0.15) is 23.3 Å². The summed E-state index contributed by atoms with van der Waals surface area (Å²) in [6, 6.07) is 9.43. The van der Waals surface area contributed by atoms with Crippen LogP contribution in [0.2, 0.25) is 5.02 Å². The van der Waals surface area contributed by atoms with Gasteiger partial charge in [0.2, 0.25) is 17.7 Å². The van der Waals surface area contributed by atoms with Crippen LogP contribution in [0.4, 0.5) is 19.1 Å². The Hall–Kier alpha value is -3.21. The first-order valence-electron chi connectivity index (χ1n) is 7.36. The van der Waals surface area contributed by atoms with Crippen LogP contribution in [-0.4, -0.2) is 30.9 Å². The van der Waals surface area contributed by atoms with E-state index < -0.39 is 36.0 Å². The van der Waals surface area contributed by atoms with Gasteiger partial charge in [0.15, 0.2) is 0 Å². The monoisotopic (exact) mass is 398 g/mol. The highest BCUT2D eigenvalue weighted by molar-refractivity contribution is 6.33. The maximum atomic E-state index is 12.5. The van der Waals surface area contributed by atoms with Crippen molar-refractivity contribution in [2.45, 2.75) is 12.7 Å². The second-order valence-corrected chi connectivity index (χ2v) is 5.66. The zero-order valence-corrected chi connectivity index (χ0v) is 14.0. The number of hydrogen-bond acceptors (Lipinski definition) is 5. The molecular formula is C15H10ClF3N6O2. The van der Waals surface area contributed by atoms with Crippen LogP contribution in [0.5, 0.6) is 0 Å². The molecule has 0 spiro atoms. The van der Waals surface area contributed by atoms with Crippen molar-refractivity contribution in [2.24, 2.45) is 0 Å². The maximum absolute atomic E-state index is 12.5. The first-order valence-corrected chi connectivity index (χ1v) is 7.74. The zero-order chi connectivity index (χ0) is 19.6. The molecule has 3 rings (SSSR count). The molecule has 140 valence electrons. The first-order chi connectivity index (χ1) is 12.7. The van der Waals surface area contributed by atoms with Gasteiger partial charge >= 0.3 is 6.18 Å². The van der Waals surface area contributed by atoms with Crippen LogP contribution in [-0.2, 0) is 17.5 Å². The predicted molar refractivity (Wildman–Crippen MR) is 89.0 cm³/mol. The summed E-state index contributed by atoms with van der Waals surface area (Å²) < 4.78 is 38.2. The number of rotatable bonds is 4. The molecule has 0 fully saturated rings. The SMILES string of the molecule is O=C(Cn1nc(-c2ccccc2Cl)ccc1=O)Nc1n[nH]c(C(F)(F)F)n1. The molecule has 2 N–H and O–H groups in total. The standard InChI is InChI=1S/C15H10ClF3N6O2/c16-9-4-2-1-3-8(9)10-5-6-12(27)25(24-10)7-11(26)20-14-21-13(22-23-14)15(17,18)19/h1-6H,7H2,(H2,20,21,22,23,26). The van der Waals surface area contributed by atoms with Crippen LogP contribution in [0.3, 0.4) is 0 Å². The fraction of sp³-hybridized carbons (Fsp3) is 0.133. The normalized spacial score (nSPS) is 11.4. The third-order valence-corrected chi connectivity index (χ3v) is 3.64. The van der Waals surface area contributed by atoms with E-state index in [2.05, 4.69) is 20.5 Å². The quantitative estimate of drug-likeness (QED) is 0.701. The van der Waals surface area contributed by atoms with Gasteiger partial charge < -0.3 is 0 Å². The molecule has 8 nitrogen and oxygen atoms in total. The highest BCUT2D eigenvalue weighted by Crippen LogP contribution is 2.26. The number of benzene rings is 1. The Labute approximate surface area is 154 Å². The predicted octanol–water partition coefficient (Wildman–Crippen LogP) is 2.34. The second-order valence-electron chi connectivity index (χ2n) is 5.25. The number of carbonyl (C=O) groups is 1. The molecule has 0 saturated carbocycles. The summed E-state index contributed by atoms with van der Waals surface area (Å²) in [6.07, 6.45) is -4.72. The Bertz CT molecular complexity index is 1050. The van der Waals surface area contributed by atoms with Crippen molar-refractivity contribution in [3.05, 3.63) is 57.6 Å². The number of nitrogens with zero attached hydrogens (tertiary/aromatic N) is 4. The lowest BCUT2D eigenvalue weighted by atomic mass is 10.1. The van der Waals surface area contributed by atoms with E-state index in [0.717, 1.165) is 4.68 Å². The van der Waals surface area contributed by atoms with Gasteiger partial charge in [-0.3, -0.25) is 20.0 Å². The van der Waals surface area contributed by atoms with E-state index in [1.54, 1.807) is 29.4 Å². The summed E-state index contributed by atoms with van der Waals surface area (Å²) in [5, 5.41) is 11.4. The molecule has 1 amide bonds. The number of carbonyl (C=O) groups excluding carboxylic acids is 1. The summed E-state index contributed by atoms with van der Waals surface area (Å²) in [5.74, 6) is -2.75. The van der Waals surface area contributed by atoms with Crippen LogP contribution < -0.4 is 10.9 Å². The molecule has 0 unspecified atom stereocenters. The Morgan fingerprint density at radius 2 is 1.96 bits per heavy atom. The fourth-order valence-electron chi connectivity index (χ4n) is 2.12. The van der Waals surface area contributed by atoms with E-state index >= 15 is 0 Å². The van der Waals surface area contributed by atoms with Gasteiger partial charge in [0.1, 0.15) is 6.54 Å². The smallest absolute Gasteiger partial charge is 0.292 e. The molecule has 0 bridgehead atoms. The molecule has 0 radical (unpaired) electrons. The Morgan fingerprint density at radius 3 is 2.63 bits per heavy atom. The van der Waals surface area contributed by atoms with Crippen molar-refractivity contribution >= 4 is 23.5 Å². The number of H-pyrrole nitrogens is 1. The molecule has 0 aliphatic carbocycles. The lowest BCUT2D eigenvalue weighted by Crippen LogP contribution is -2.29. The van der Waals surface area contributed by atoms with E-state index in [0.29, 0.717) is 16.3 Å². The van der Waals surface area contributed by atoms with Gasteiger partial charge in [0.05, 0.1) is 10.7 Å². The van der Waals surface area contributed by atoms with E-state index in [1.807, 2.05) is 0 Å². The maximum Gasteiger partial charge on any atom is 0.451 e. The average molecular weight is 399 g/mol. The van der Waals surface area contributed by atoms with E-state index in [1.165, 1.54) is 12.1 Å². The van der Waals surface area contributed by atoms with Gasteiger partial charge in [-0.15, -0.1) is 5.10 Å². The zero-order valence-electron chi connectivity index (χ0n) is 13.3. The van der Waals surface area contributed by atoms with Gasteiger partial charge in [0.25, 0.3) is 5.56 Å². The molecule has 0 atom stereocenters. The Kier molecular flexibility index (Phi) is 4.95. The minimum Gasteiger partial charge on any atom is -0.292 e. The number of nitrogens with one attached hydrogen (secondary N) is 2. The molecule has 0 aliphatic rings. The number of aromatic nitrogens is 5. The van der Waals surface area contributed by atoms with Crippen LogP contribution in [0.15, 0.2) is 41.2 Å². The number of hydrogen-bond donors (Lipinski definition) is 2. The summed E-state index contributed by atoms with van der Waals surface area (Å²) >= 11 is 6.08. The summed E-state index contributed by atoms with van der Waals surface area (Å²) in [5.41, 5.74) is 0.328. The lowest BCUT2D eigenvalue weighted by molar-refractivity contribution is -0.144. The topological polar surface area (TPSA) is 106 Å². The van der Waals surface area contributed by atoms with Crippen LogP contribution in [0.1, 0.15) is 5.82 Å². The molecule has 2 heterocycles. The number of alkyl halides is 3. The van der Waals surface area contributed by atoms with E-state index in [-0.39, 0.29) is 0 Å². The molecule has 1 aromatic carbocycles. The van der Waals surface area contributed by atoms with E-state index in [4.69, 9.17) is 11.6 Å². The fourth-order valence-corrected chi connectivity index (χ4v) is 2.35. The number of aromatic amines is 1. The number of anilines is 1. The van der Waals surface area contributed by atoms with Crippen molar-refractivity contribution in [1.82, 2.24) is 25.0 Å². The summed E-state index contributed by atoms with van der Waals surface area (Å²) in [7, 11) is 0. The van der Waals surface area contributed by atoms with Crippen LogP contribution in [0, 0.1) is 0 Å². The van der Waals surface area contributed by atoms with Gasteiger partial charge in [-0.25, -0.2) is 4.68 Å². The van der Waals surface area contributed by atoms with Gasteiger partial charge in [0, 0.05) is 11.6 Å².